The number of halogens is 3. The zero-order chi connectivity index (χ0) is 23.4. The molecule has 1 saturated heterocycles. The highest BCUT2D eigenvalue weighted by Crippen LogP contribution is 2.58. The lowest BCUT2D eigenvalue weighted by Crippen LogP contribution is -2.43. The Morgan fingerprint density at radius 3 is 2.53 bits per heavy atom. The van der Waals surface area contributed by atoms with Gasteiger partial charge in [0.05, 0.1) is 0 Å². The van der Waals surface area contributed by atoms with Gasteiger partial charge in [0.2, 0.25) is 5.91 Å². The second-order valence-corrected chi connectivity index (χ2v) is 8.60. The monoisotopic (exact) mass is 456 g/mol. The summed E-state index contributed by atoms with van der Waals surface area (Å²) in [6, 6.07) is 4.24. The molecule has 3 aliphatic rings. The fourth-order valence-electron chi connectivity index (χ4n) is 4.39. The number of urea groups is 1. The predicted octanol–water partition coefficient (Wildman–Crippen LogP) is 2.70. The van der Waals surface area contributed by atoms with E-state index in [1.54, 1.807) is 12.4 Å². The van der Waals surface area contributed by atoms with Gasteiger partial charge in [0.1, 0.15) is 0 Å². The molecule has 32 heavy (non-hydrogen) atoms. The van der Waals surface area contributed by atoms with E-state index in [4.69, 9.17) is 9.90 Å². The Balaban J connectivity index is 0.000000360. The first kappa shape index (κ1) is 23.8. The van der Waals surface area contributed by atoms with Crippen molar-refractivity contribution in [2.24, 2.45) is 11.3 Å². The number of aromatic nitrogens is 1. The second-order valence-electron chi connectivity index (χ2n) is 8.60. The van der Waals surface area contributed by atoms with E-state index in [2.05, 4.69) is 15.6 Å². The number of carbonyl (C=O) groups is 3. The number of nitrogens with one attached hydrogen (secondary N) is 2. The molecule has 11 heteroatoms. The fourth-order valence-corrected chi connectivity index (χ4v) is 4.39. The number of hydrogen-bond acceptors (Lipinski definition) is 4. The van der Waals surface area contributed by atoms with Gasteiger partial charge in [-0.05, 0) is 37.3 Å². The molecule has 0 radical (unpaired) electrons. The number of likely N-dealkylation sites (tertiary alicyclic amines) is 1. The Bertz CT molecular complexity index is 830. The van der Waals surface area contributed by atoms with Crippen LogP contribution < -0.4 is 10.6 Å². The summed E-state index contributed by atoms with van der Waals surface area (Å²) >= 11 is 0. The van der Waals surface area contributed by atoms with Crippen molar-refractivity contribution in [2.45, 2.75) is 57.3 Å². The number of aliphatic carboxylic acids is 1. The molecule has 4 rings (SSSR count). The molecule has 1 aliphatic heterocycles. The van der Waals surface area contributed by atoms with E-state index in [9.17, 15) is 22.8 Å². The molecule has 2 aliphatic carbocycles. The Hall–Kier alpha value is -2.85. The molecule has 1 spiro atoms. The summed E-state index contributed by atoms with van der Waals surface area (Å²) in [6.45, 7) is 2.01. The third-order valence-corrected chi connectivity index (χ3v) is 6.29. The first-order valence-electron chi connectivity index (χ1n) is 10.6. The number of rotatable bonds is 4. The molecule has 2 saturated carbocycles. The lowest BCUT2D eigenvalue weighted by atomic mass is 10.0. The molecule has 1 aromatic rings. The van der Waals surface area contributed by atoms with Gasteiger partial charge in [-0.15, -0.1) is 0 Å². The first-order chi connectivity index (χ1) is 15.1. The van der Waals surface area contributed by atoms with Crippen LogP contribution in [0.15, 0.2) is 24.5 Å². The molecule has 2 heterocycles. The van der Waals surface area contributed by atoms with Crippen LogP contribution in [0.3, 0.4) is 0 Å². The minimum atomic E-state index is -5.08. The average Bonchev–Trinajstić information content (AvgIpc) is 3.06. The SMILES string of the molecule is O=C(NCc1cccnc1)C1CC12CCN(C(=O)NC1CCCC1)C2.O=C(O)C(F)(F)F. The van der Waals surface area contributed by atoms with Gasteiger partial charge in [-0.25, -0.2) is 9.59 Å². The molecule has 8 nitrogen and oxygen atoms in total. The normalized spacial score (nSPS) is 24.6. The van der Waals surface area contributed by atoms with Crippen molar-refractivity contribution in [1.29, 1.82) is 0 Å². The molecule has 0 bridgehead atoms. The third-order valence-electron chi connectivity index (χ3n) is 6.29. The summed E-state index contributed by atoms with van der Waals surface area (Å²) in [6.07, 6.45) is 4.89. The topological polar surface area (TPSA) is 112 Å². The van der Waals surface area contributed by atoms with Crippen LogP contribution in [0.1, 0.15) is 44.1 Å². The van der Waals surface area contributed by atoms with Crippen LogP contribution in [-0.2, 0) is 16.1 Å². The van der Waals surface area contributed by atoms with E-state index in [0.717, 1.165) is 44.3 Å². The predicted molar refractivity (Wildman–Crippen MR) is 107 cm³/mol. The van der Waals surface area contributed by atoms with E-state index in [1.807, 2.05) is 17.0 Å². The summed E-state index contributed by atoms with van der Waals surface area (Å²) in [5.74, 6) is -2.59. The fraction of sp³-hybridized carbons (Fsp3) is 0.619. The van der Waals surface area contributed by atoms with Gasteiger partial charge in [0, 0.05) is 49.4 Å². The average molecular weight is 456 g/mol. The van der Waals surface area contributed by atoms with Crippen molar-refractivity contribution in [3.05, 3.63) is 30.1 Å². The largest absolute Gasteiger partial charge is 0.490 e. The van der Waals surface area contributed by atoms with Gasteiger partial charge in [-0.3, -0.25) is 9.78 Å². The lowest BCUT2D eigenvalue weighted by Gasteiger charge is -2.20. The summed E-state index contributed by atoms with van der Waals surface area (Å²) in [4.78, 5) is 39.7. The zero-order valence-electron chi connectivity index (χ0n) is 17.5. The van der Waals surface area contributed by atoms with Crippen molar-refractivity contribution >= 4 is 17.9 Å². The van der Waals surface area contributed by atoms with Crippen molar-refractivity contribution < 1.29 is 32.7 Å². The zero-order valence-corrected chi connectivity index (χ0v) is 17.5. The van der Waals surface area contributed by atoms with Crippen molar-refractivity contribution in [3.8, 4) is 0 Å². The number of carboxylic acids is 1. The van der Waals surface area contributed by atoms with Crippen molar-refractivity contribution in [3.63, 3.8) is 0 Å². The number of carbonyl (C=O) groups excluding carboxylic acids is 2. The van der Waals surface area contributed by atoms with Crippen molar-refractivity contribution in [1.82, 2.24) is 20.5 Å². The number of pyridine rings is 1. The van der Waals surface area contributed by atoms with Gasteiger partial charge in [-0.2, -0.15) is 13.2 Å². The summed E-state index contributed by atoms with van der Waals surface area (Å²) in [5.41, 5.74) is 1.03. The maximum Gasteiger partial charge on any atom is 0.490 e. The molecule has 1 aromatic heterocycles. The molecule has 2 atom stereocenters. The van der Waals surface area contributed by atoms with E-state index >= 15 is 0 Å². The van der Waals surface area contributed by atoms with E-state index in [1.165, 1.54) is 12.8 Å². The van der Waals surface area contributed by atoms with Crippen LogP contribution in [0, 0.1) is 11.3 Å². The first-order valence-corrected chi connectivity index (χ1v) is 10.6. The number of hydrogen-bond donors (Lipinski definition) is 3. The number of alkyl halides is 3. The Kier molecular flexibility index (Phi) is 7.25. The summed E-state index contributed by atoms with van der Waals surface area (Å²) in [5, 5.41) is 13.3. The van der Waals surface area contributed by atoms with Crippen LogP contribution in [0.2, 0.25) is 0 Å². The highest BCUT2D eigenvalue weighted by molar-refractivity contribution is 5.83. The molecule has 3 N–H and O–H groups in total. The molecule has 0 aromatic carbocycles. The number of amides is 3. The maximum atomic E-state index is 12.4. The molecule has 2 unspecified atom stereocenters. The number of carboxylic acid groups (broad SMARTS) is 1. The van der Waals surface area contributed by atoms with Crippen LogP contribution in [0.5, 0.6) is 0 Å². The van der Waals surface area contributed by atoms with Crippen LogP contribution in [0.4, 0.5) is 18.0 Å². The van der Waals surface area contributed by atoms with Crippen LogP contribution in [0.25, 0.3) is 0 Å². The Morgan fingerprint density at radius 2 is 1.94 bits per heavy atom. The minimum Gasteiger partial charge on any atom is -0.475 e. The van der Waals surface area contributed by atoms with Gasteiger partial charge in [0.25, 0.3) is 0 Å². The van der Waals surface area contributed by atoms with E-state index in [0.29, 0.717) is 12.6 Å². The Labute approximate surface area is 183 Å². The third kappa shape index (κ3) is 6.10. The van der Waals surface area contributed by atoms with Gasteiger partial charge in [-0.1, -0.05) is 18.9 Å². The smallest absolute Gasteiger partial charge is 0.475 e. The molecular weight excluding hydrogens is 429 g/mol. The molecular formula is C21H27F3N4O4. The van der Waals surface area contributed by atoms with Gasteiger partial charge in [0.15, 0.2) is 0 Å². The van der Waals surface area contributed by atoms with E-state index < -0.39 is 12.1 Å². The second kappa shape index (κ2) is 9.74. The lowest BCUT2D eigenvalue weighted by molar-refractivity contribution is -0.192. The van der Waals surface area contributed by atoms with Crippen LogP contribution in [-0.4, -0.2) is 58.2 Å². The van der Waals surface area contributed by atoms with Gasteiger partial charge < -0.3 is 20.6 Å². The Morgan fingerprint density at radius 1 is 1.25 bits per heavy atom. The summed E-state index contributed by atoms with van der Waals surface area (Å²) in [7, 11) is 0. The van der Waals surface area contributed by atoms with Crippen LogP contribution >= 0.6 is 0 Å². The highest BCUT2D eigenvalue weighted by atomic mass is 19.4. The standard InChI is InChI=1S/C19H26N4O2.C2HF3O2/c24-17(21-12-14-4-3-8-20-11-14)16-10-19(16)7-9-23(13-19)18(25)22-15-5-1-2-6-15;3-2(4,5)1(6)7/h3-4,8,11,15-16H,1-2,5-7,9-10,12-13H2,(H,21,24)(H,22,25);(H,6,7). The van der Waals surface area contributed by atoms with Crippen molar-refractivity contribution in [2.75, 3.05) is 13.1 Å². The van der Waals surface area contributed by atoms with Gasteiger partial charge >= 0.3 is 18.2 Å². The molecule has 3 amide bonds. The maximum absolute atomic E-state index is 12.4. The quantitative estimate of drug-likeness (QED) is 0.645. The molecule has 176 valence electrons. The highest BCUT2D eigenvalue weighted by Gasteiger charge is 2.61. The molecule has 3 fully saturated rings. The number of nitrogens with zero attached hydrogens (tertiary/aromatic N) is 2. The minimum absolute atomic E-state index is 0.0199. The van der Waals surface area contributed by atoms with E-state index in [-0.39, 0.29) is 23.3 Å². The summed E-state index contributed by atoms with van der Waals surface area (Å²) < 4.78 is 31.7.